The molecule has 0 aliphatic carbocycles. The highest BCUT2D eigenvalue weighted by Gasteiger charge is 2.23. The lowest BCUT2D eigenvalue weighted by atomic mass is 10.1. The number of benzene rings is 4. The summed E-state index contributed by atoms with van der Waals surface area (Å²) in [5.74, 6) is 0.740. The van der Waals surface area contributed by atoms with E-state index >= 15 is 0 Å². The first-order chi connectivity index (χ1) is 18.7. The van der Waals surface area contributed by atoms with Crippen LogP contribution in [0, 0.1) is 5.82 Å². The first kappa shape index (κ1) is 24.1. The Labute approximate surface area is 226 Å². The van der Waals surface area contributed by atoms with Crippen molar-refractivity contribution in [3.05, 3.63) is 127 Å². The van der Waals surface area contributed by atoms with Crippen LogP contribution < -0.4 is 4.90 Å². The fraction of sp³-hybridized carbons (Fsp3) is 0.125. The summed E-state index contributed by atoms with van der Waals surface area (Å²) in [4.78, 5) is 15.0. The smallest absolute Gasteiger partial charge is 0.146 e. The Balaban J connectivity index is 1.38. The highest BCUT2D eigenvalue weighted by Crippen LogP contribution is 2.40. The molecule has 0 unspecified atom stereocenters. The minimum atomic E-state index is -0.209. The van der Waals surface area contributed by atoms with Gasteiger partial charge >= 0.3 is 0 Å². The molecule has 1 aliphatic heterocycles. The average Bonchev–Trinajstić information content (AvgIpc) is 3.42. The summed E-state index contributed by atoms with van der Waals surface area (Å²) in [7, 11) is 0. The van der Waals surface area contributed by atoms with Crippen LogP contribution in [0.25, 0.3) is 21.8 Å². The Morgan fingerprint density at radius 1 is 0.684 bits per heavy atom. The van der Waals surface area contributed by atoms with Gasteiger partial charge in [0.2, 0.25) is 0 Å². The van der Waals surface area contributed by atoms with Crippen molar-refractivity contribution < 1.29 is 4.39 Å². The number of nitrogens with zero attached hydrogens (tertiary/aromatic N) is 4. The minimum Gasteiger partial charge on any atom is -0.368 e. The van der Waals surface area contributed by atoms with Crippen molar-refractivity contribution in [2.75, 3.05) is 31.1 Å². The van der Waals surface area contributed by atoms with Crippen molar-refractivity contribution in [1.82, 2.24) is 9.88 Å². The number of piperazine rings is 1. The highest BCUT2D eigenvalue weighted by atomic mass is 32.1. The number of anilines is 1. The molecule has 6 rings (SSSR count). The number of hydrogen-bond acceptors (Lipinski definition) is 4. The second-order valence-corrected chi connectivity index (χ2v) is 10.1. The molecule has 0 radical (unpaired) electrons. The van der Waals surface area contributed by atoms with Crippen LogP contribution in [0.1, 0.15) is 5.56 Å². The molecule has 4 nitrogen and oxygen atoms in total. The molecule has 38 heavy (non-hydrogen) atoms. The Hall–Kier alpha value is -4.29. The summed E-state index contributed by atoms with van der Waals surface area (Å²) in [6.07, 6.45) is 0. The Bertz CT molecular complexity index is 1510. The van der Waals surface area contributed by atoms with E-state index in [9.17, 15) is 4.39 Å². The predicted octanol–water partition coefficient (Wildman–Crippen LogP) is 7.52. The maximum Gasteiger partial charge on any atom is 0.146 e. The molecule has 4 aromatic carbocycles. The van der Waals surface area contributed by atoms with Crippen LogP contribution in [0.4, 0.5) is 15.1 Å². The first-order valence-electron chi connectivity index (χ1n) is 12.8. The van der Waals surface area contributed by atoms with Gasteiger partial charge in [-0.15, -0.1) is 0 Å². The largest absolute Gasteiger partial charge is 0.368 e. The van der Waals surface area contributed by atoms with E-state index in [1.807, 2.05) is 54.6 Å². The van der Waals surface area contributed by atoms with Gasteiger partial charge in [0.1, 0.15) is 27.4 Å². The zero-order valence-corrected chi connectivity index (χ0v) is 21.7. The molecule has 0 N–H and O–H groups in total. The number of halogens is 1. The maximum absolute atomic E-state index is 13.4. The van der Waals surface area contributed by atoms with E-state index in [-0.39, 0.29) is 5.82 Å². The summed E-state index contributed by atoms with van der Waals surface area (Å²) < 4.78 is 13.4. The van der Waals surface area contributed by atoms with Crippen molar-refractivity contribution in [3.8, 4) is 21.8 Å². The van der Waals surface area contributed by atoms with Crippen LogP contribution in [0.5, 0.6) is 0 Å². The maximum atomic E-state index is 13.4. The summed E-state index contributed by atoms with van der Waals surface area (Å²) in [5.41, 5.74) is 5.17. The van der Waals surface area contributed by atoms with E-state index in [1.54, 1.807) is 11.3 Å². The summed E-state index contributed by atoms with van der Waals surface area (Å²) in [5, 5.41) is 1.85. The van der Waals surface area contributed by atoms with Gasteiger partial charge in [-0.2, -0.15) is 0 Å². The third kappa shape index (κ3) is 5.22. The number of aromatic nitrogens is 1. The van der Waals surface area contributed by atoms with Gasteiger partial charge in [-0.3, -0.25) is 0 Å². The summed E-state index contributed by atoms with van der Waals surface area (Å²) >= 11 is 1.62. The number of amidine groups is 1. The van der Waals surface area contributed by atoms with E-state index in [0.717, 1.165) is 70.1 Å². The molecular weight excluding hydrogens is 491 g/mol. The fourth-order valence-corrected chi connectivity index (χ4v) is 5.67. The van der Waals surface area contributed by atoms with Crippen LogP contribution in [0.2, 0.25) is 0 Å². The normalized spacial score (nSPS) is 14.1. The molecule has 188 valence electrons. The Morgan fingerprint density at radius 3 is 1.89 bits per heavy atom. The van der Waals surface area contributed by atoms with Gasteiger partial charge in [0.15, 0.2) is 0 Å². The van der Waals surface area contributed by atoms with Gasteiger partial charge in [-0.1, -0.05) is 102 Å². The van der Waals surface area contributed by atoms with Crippen LogP contribution in [-0.4, -0.2) is 41.9 Å². The molecule has 0 atom stereocenters. The topological polar surface area (TPSA) is 31.7 Å². The zero-order valence-electron chi connectivity index (χ0n) is 20.9. The minimum absolute atomic E-state index is 0.209. The molecule has 1 aromatic heterocycles. The lowest BCUT2D eigenvalue weighted by molar-refractivity contribution is 0.386. The molecule has 1 fully saturated rings. The average molecular weight is 519 g/mol. The van der Waals surface area contributed by atoms with E-state index in [2.05, 4.69) is 58.3 Å². The molecule has 6 heteroatoms. The van der Waals surface area contributed by atoms with E-state index in [1.165, 1.54) is 12.1 Å². The third-order valence-corrected chi connectivity index (χ3v) is 7.69. The van der Waals surface area contributed by atoms with Crippen LogP contribution in [0.3, 0.4) is 0 Å². The monoisotopic (exact) mass is 518 g/mol. The van der Waals surface area contributed by atoms with Gasteiger partial charge in [0, 0.05) is 48.6 Å². The molecule has 2 heterocycles. The lowest BCUT2D eigenvalue weighted by Gasteiger charge is -2.37. The third-order valence-electron chi connectivity index (χ3n) is 6.69. The first-order valence-corrected chi connectivity index (χ1v) is 13.6. The number of thiazole rings is 1. The number of rotatable bonds is 5. The fourth-order valence-electron chi connectivity index (χ4n) is 4.71. The van der Waals surface area contributed by atoms with Gasteiger partial charge in [-0.05, 0) is 24.3 Å². The standard InChI is InChI=1S/C32H27FN4S/c33-27-16-18-28(19-17-27)36-20-22-37(23-21-36)30(25-12-6-2-7-13-25)35-32-29(24-10-4-1-5-11-24)34-31(38-32)26-14-8-3-9-15-26/h1-19H,20-23H2. The van der Waals surface area contributed by atoms with Gasteiger partial charge in [0.25, 0.3) is 0 Å². The van der Waals surface area contributed by atoms with Crippen molar-refractivity contribution in [3.63, 3.8) is 0 Å². The zero-order chi connectivity index (χ0) is 25.7. The molecule has 0 saturated carbocycles. The van der Waals surface area contributed by atoms with Crippen molar-refractivity contribution in [1.29, 1.82) is 0 Å². The van der Waals surface area contributed by atoms with Crippen molar-refractivity contribution in [2.45, 2.75) is 0 Å². The Morgan fingerprint density at radius 2 is 1.26 bits per heavy atom. The number of aliphatic imine (C=N–C) groups is 1. The van der Waals surface area contributed by atoms with Gasteiger partial charge in [0.05, 0.1) is 0 Å². The molecule has 5 aromatic rings. The SMILES string of the molecule is Fc1ccc(N2CCN(C(=Nc3sc(-c4ccccc4)nc3-c3ccccc3)c3ccccc3)CC2)cc1. The van der Waals surface area contributed by atoms with E-state index < -0.39 is 0 Å². The molecule has 0 amide bonds. The van der Waals surface area contributed by atoms with Gasteiger partial charge in [-0.25, -0.2) is 14.4 Å². The molecule has 1 saturated heterocycles. The van der Waals surface area contributed by atoms with Gasteiger partial charge < -0.3 is 9.80 Å². The molecule has 0 bridgehead atoms. The second kappa shape index (κ2) is 11.0. The van der Waals surface area contributed by atoms with Crippen LogP contribution in [-0.2, 0) is 0 Å². The molecular formula is C32H27FN4S. The molecule has 1 aliphatic rings. The van der Waals surface area contributed by atoms with Crippen LogP contribution in [0.15, 0.2) is 120 Å². The Kier molecular flexibility index (Phi) is 6.96. The summed E-state index contributed by atoms with van der Waals surface area (Å²) in [6, 6.07) is 37.7. The predicted molar refractivity (Wildman–Crippen MR) is 156 cm³/mol. The van der Waals surface area contributed by atoms with Crippen LogP contribution >= 0.6 is 11.3 Å². The lowest BCUT2D eigenvalue weighted by Crippen LogP contribution is -2.49. The number of hydrogen-bond donors (Lipinski definition) is 0. The van der Waals surface area contributed by atoms with E-state index in [4.69, 9.17) is 9.98 Å². The van der Waals surface area contributed by atoms with E-state index in [0.29, 0.717) is 0 Å². The van der Waals surface area contributed by atoms with Crippen molar-refractivity contribution in [2.24, 2.45) is 4.99 Å². The van der Waals surface area contributed by atoms with Crippen molar-refractivity contribution >= 4 is 27.9 Å². The summed E-state index contributed by atoms with van der Waals surface area (Å²) in [6.45, 7) is 3.30. The quantitative estimate of drug-likeness (QED) is 0.178. The second-order valence-electron chi connectivity index (χ2n) is 9.16. The highest BCUT2D eigenvalue weighted by molar-refractivity contribution is 7.19. The molecule has 0 spiro atoms.